The van der Waals surface area contributed by atoms with Gasteiger partial charge in [-0.3, -0.25) is 4.79 Å². The van der Waals surface area contributed by atoms with Gasteiger partial charge < -0.3 is 40.5 Å². The molecule has 1 unspecified atom stereocenters. The SMILES string of the molecule is CC(O)C(=O)[O-].O=C(CO)CO.OCC(O)CO.[K+]. The third-order valence-corrected chi connectivity index (χ3v) is 1.12. The number of aliphatic carboxylic acids is 1. The van der Waals surface area contributed by atoms with Gasteiger partial charge in [0, 0.05) is 0 Å². The van der Waals surface area contributed by atoms with Crippen LogP contribution in [0, 0.1) is 0 Å². The minimum absolute atomic E-state index is 0. The Balaban J connectivity index is -0.0000000865. The van der Waals surface area contributed by atoms with Crippen LogP contribution in [0.25, 0.3) is 0 Å². The Kier molecular flexibility index (Phi) is 30.5. The number of carboxylic acid groups (broad SMARTS) is 1. The van der Waals surface area contributed by atoms with E-state index in [1.165, 1.54) is 0 Å². The van der Waals surface area contributed by atoms with Gasteiger partial charge in [0.1, 0.15) is 19.3 Å². The monoisotopic (exact) mass is 310 g/mol. The Hall–Kier alpha value is 0.536. The van der Waals surface area contributed by atoms with E-state index in [4.69, 9.17) is 30.6 Å². The molecular weight excluding hydrogens is 291 g/mol. The molecule has 0 aliphatic carbocycles. The van der Waals surface area contributed by atoms with Crippen molar-refractivity contribution in [3.05, 3.63) is 0 Å². The molecule has 0 aromatic heterocycles. The second kappa shape index (κ2) is 20.8. The number of ketones is 1. The van der Waals surface area contributed by atoms with E-state index in [-0.39, 0.29) is 64.6 Å². The molecule has 9 nitrogen and oxygen atoms in total. The number of aliphatic hydroxyl groups excluding tert-OH is 6. The average Bonchev–Trinajstić information content (AvgIpc) is 2.37. The number of aliphatic hydroxyl groups is 6. The molecule has 0 bridgehead atoms. The van der Waals surface area contributed by atoms with Crippen molar-refractivity contribution in [2.75, 3.05) is 26.4 Å². The van der Waals surface area contributed by atoms with Gasteiger partial charge in [0.15, 0.2) is 5.78 Å². The van der Waals surface area contributed by atoms with Crippen LogP contribution in [0.4, 0.5) is 0 Å². The minimum Gasteiger partial charge on any atom is -0.547 e. The molecule has 0 aromatic carbocycles. The van der Waals surface area contributed by atoms with Gasteiger partial charge in [0.2, 0.25) is 0 Å². The van der Waals surface area contributed by atoms with Crippen LogP contribution in [0.1, 0.15) is 6.92 Å². The Labute approximate surface area is 152 Å². The molecule has 0 saturated carbocycles. The minimum atomic E-state index is -1.44. The van der Waals surface area contributed by atoms with Crippen molar-refractivity contribution in [2.24, 2.45) is 0 Å². The Morgan fingerprint density at radius 3 is 1.26 bits per heavy atom. The van der Waals surface area contributed by atoms with Gasteiger partial charge in [0.05, 0.1) is 25.3 Å². The van der Waals surface area contributed by atoms with Crippen LogP contribution >= 0.6 is 0 Å². The molecular formula is C9H19KO9. The van der Waals surface area contributed by atoms with Crippen LogP contribution in [0.2, 0.25) is 0 Å². The van der Waals surface area contributed by atoms with E-state index in [9.17, 15) is 14.7 Å². The van der Waals surface area contributed by atoms with E-state index < -0.39 is 37.2 Å². The van der Waals surface area contributed by atoms with Crippen molar-refractivity contribution in [1.29, 1.82) is 0 Å². The Morgan fingerprint density at radius 1 is 1.00 bits per heavy atom. The third-order valence-electron chi connectivity index (χ3n) is 1.12. The maximum atomic E-state index is 9.68. The first-order valence-electron chi connectivity index (χ1n) is 4.78. The second-order valence-corrected chi connectivity index (χ2v) is 2.87. The van der Waals surface area contributed by atoms with E-state index in [1.54, 1.807) is 0 Å². The predicted octanol–water partition coefficient (Wildman–Crippen LogP) is -8.01. The fourth-order valence-corrected chi connectivity index (χ4v) is 0.108. The summed E-state index contributed by atoms with van der Waals surface area (Å²) in [5.41, 5.74) is 0. The third kappa shape index (κ3) is 32.3. The summed E-state index contributed by atoms with van der Waals surface area (Å²) in [6, 6.07) is 0. The number of hydrogen-bond acceptors (Lipinski definition) is 9. The molecule has 0 saturated heterocycles. The van der Waals surface area contributed by atoms with Crippen LogP contribution in [0.5, 0.6) is 0 Å². The van der Waals surface area contributed by atoms with Gasteiger partial charge >= 0.3 is 51.4 Å². The summed E-state index contributed by atoms with van der Waals surface area (Å²) in [5.74, 6) is -1.98. The average molecular weight is 310 g/mol. The van der Waals surface area contributed by atoms with E-state index in [0.29, 0.717) is 0 Å². The topological polar surface area (TPSA) is 179 Å². The fourth-order valence-electron chi connectivity index (χ4n) is 0.108. The van der Waals surface area contributed by atoms with Crippen molar-refractivity contribution in [2.45, 2.75) is 19.1 Å². The summed E-state index contributed by atoms with van der Waals surface area (Å²) in [5, 5.41) is 57.0. The molecule has 10 heteroatoms. The zero-order chi connectivity index (χ0) is 15.1. The quantitative estimate of drug-likeness (QED) is 0.269. The van der Waals surface area contributed by atoms with Gasteiger partial charge in [-0.05, 0) is 6.92 Å². The Morgan fingerprint density at radius 2 is 1.26 bits per heavy atom. The van der Waals surface area contributed by atoms with Gasteiger partial charge in [-0.2, -0.15) is 0 Å². The fraction of sp³-hybridized carbons (Fsp3) is 0.778. The van der Waals surface area contributed by atoms with Crippen molar-refractivity contribution < 1.29 is 96.7 Å². The summed E-state index contributed by atoms with van der Waals surface area (Å²) < 4.78 is 0. The first-order chi connectivity index (χ1) is 8.26. The van der Waals surface area contributed by atoms with Crippen LogP contribution < -0.4 is 56.5 Å². The smallest absolute Gasteiger partial charge is 0.547 e. The molecule has 0 heterocycles. The van der Waals surface area contributed by atoms with E-state index in [2.05, 4.69) is 0 Å². The van der Waals surface area contributed by atoms with Crippen LogP contribution in [-0.4, -0.2) is 81.0 Å². The van der Waals surface area contributed by atoms with Crippen molar-refractivity contribution in [3.8, 4) is 0 Å². The first kappa shape index (κ1) is 27.8. The summed E-state index contributed by atoms with van der Waals surface area (Å²) in [7, 11) is 0. The number of hydrogen-bond donors (Lipinski definition) is 6. The molecule has 0 fully saturated rings. The normalized spacial score (nSPS) is 10.1. The van der Waals surface area contributed by atoms with Crippen LogP contribution in [0.3, 0.4) is 0 Å². The standard InChI is InChI=1S/C3H8O3.2C3H6O3.K/c2*4-1-3(6)2-5;1-2(4)3(5)6;/h3-6H,1-2H2;4-5H,1-2H2;2,4H,1H3,(H,5,6);/q;;;+1/p-1. The summed E-state index contributed by atoms with van der Waals surface area (Å²) in [6.07, 6.45) is -2.30. The number of Topliss-reactive ketones (excluding diaryl/α,β-unsaturated/α-hetero) is 1. The number of carbonyl (C=O) groups excluding carboxylic acids is 2. The Bertz CT molecular complexity index is 198. The molecule has 0 aliphatic heterocycles. The van der Waals surface area contributed by atoms with E-state index in [0.717, 1.165) is 6.92 Å². The predicted molar refractivity (Wildman–Crippen MR) is 56.0 cm³/mol. The van der Waals surface area contributed by atoms with Crippen LogP contribution in [0.15, 0.2) is 0 Å². The molecule has 0 aromatic rings. The second-order valence-electron chi connectivity index (χ2n) is 2.87. The van der Waals surface area contributed by atoms with Gasteiger partial charge in [0.25, 0.3) is 0 Å². The zero-order valence-electron chi connectivity index (χ0n) is 10.9. The van der Waals surface area contributed by atoms with E-state index >= 15 is 0 Å². The molecule has 110 valence electrons. The van der Waals surface area contributed by atoms with E-state index in [1.807, 2.05) is 0 Å². The maximum absolute atomic E-state index is 9.68. The van der Waals surface area contributed by atoms with Gasteiger partial charge in [-0.15, -0.1) is 0 Å². The van der Waals surface area contributed by atoms with Crippen LogP contribution in [-0.2, 0) is 9.59 Å². The maximum Gasteiger partial charge on any atom is 1.00 e. The molecule has 0 radical (unpaired) electrons. The molecule has 19 heavy (non-hydrogen) atoms. The summed E-state index contributed by atoms with van der Waals surface area (Å²) >= 11 is 0. The first-order valence-corrected chi connectivity index (χ1v) is 4.78. The molecule has 0 amide bonds. The molecule has 1 atom stereocenters. The van der Waals surface area contributed by atoms with Gasteiger partial charge in [-0.25, -0.2) is 0 Å². The molecule has 0 spiro atoms. The molecule has 6 N–H and O–H groups in total. The van der Waals surface area contributed by atoms with Crippen molar-refractivity contribution in [3.63, 3.8) is 0 Å². The summed E-state index contributed by atoms with van der Waals surface area (Å²) in [4.78, 5) is 19.0. The molecule has 0 rings (SSSR count). The zero-order valence-corrected chi connectivity index (χ0v) is 14.0. The van der Waals surface area contributed by atoms with Gasteiger partial charge in [-0.1, -0.05) is 0 Å². The van der Waals surface area contributed by atoms with Crippen molar-refractivity contribution in [1.82, 2.24) is 0 Å². The summed E-state index contributed by atoms with van der Waals surface area (Å²) in [6.45, 7) is -0.713. The largest absolute Gasteiger partial charge is 1.00 e. The number of carbonyl (C=O) groups is 2. The molecule has 0 aliphatic rings. The van der Waals surface area contributed by atoms with Crippen molar-refractivity contribution >= 4 is 11.8 Å². The number of rotatable bonds is 5. The number of carboxylic acids is 1.